The Morgan fingerprint density at radius 3 is 2.44 bits per heavy atom. The van der Waals surface area contributed by atoms with Crippen LogP contribution in [0.15, 0.2) is 24.5 Å². The molecule has 0 fully saturated rings. The molecule has 2 rings (SSSR count). The summed E-state index contributed by atoms with van der Waals surface area (Å²) in [5.41, 5.74) is 4.61. The predicted molar refractivity (Wildman–Crippen MR) is 73.6 cm³/mol. The molecule has 4 nitrogen and oxygen atoms in total. The highest BCUT2D eigenvalue weighted by Crippen LogP contribution is 2.22. The van der Waals surface area contributed by atoms with Gasteiger partial charge in [-0.15, -0.1) is 0 Å². The molecule has 4 heteroatoms. The minimum absolute atomic E-state index is 0.389. The number of pyridine rings is 1. The van der Waals surface area contributed by atoms with E-state index >= 15 is 0 Å². The zero-order chi connectivity index (χ0) is 13.1. The van der Waals surface area contributed by atoms with E-state index in [0.717, 1.165) is 17.9 Å². The summed E-state index contributed by atoms with van der Waals surface area (Å²) in [6, 6.07) is 4.43. The van der Waals surface area contributed by atoms with Gasteiger partial charge in [0.2, 0.25) is 0 Å². The fourth-order valence-electron chi connectivity index (χ4n) is 2.11. The Kier molecular flexibility index (Phi) is 3.65. The lowest BCUT2D eigenvalue weighted by molar-refractivity contribution is 0.516. The van der Waals surface area contributed by atoms with Gasteiger partial charge in [0.15, 0.2) is 0 Å². The average molecular weight is 244 g/mol. The van der Waals surface area contributed by atoms with Gasteiger partial charge in [0.1, 0.15) is 0 Å². The van der Waals surface area contributed by atoms with E-state index in [1.807, 2.05) is 31.5 Å². The highest BCUT2D eigenvalue weighted by atomic mass is 15.3. The van der Waals surface area contributed by atoms with Gasteiger partial charge in [-0.25, -0.2) is 0 Å². The van der Waals surface area contributed by atoms with Crippen LogP contribution in [-0.4, -0.2) is 14.8 Å². The number of aromatic nitrogens is 3. The van der Waals surface area contributed by atoms with Gasteiger partial charge < -0.3 is 5.32 Å². The van der Waals surface area contributed by atoms with Crippen LogP contribution in [0.2, 0.25) is 0 Å². The van der Waals surface area contributed by atoms with E-state index < -0.39 is 0 Å². The molecule has 0 bridgehead atoms. The number of nitrogens with zero attached hydrogens (tertiary/aromatic N) is 3. The summed E-state index contributed by atoms with van der Waals surface area (Å²) in [4.78, 5) is 4.02. The Morgan fingerprint density at radius 2 is 1.89 bits per heavy atom. The second-order valence-corrected chi connectivity index (χ2v) is 4.79. The fraction of sp³-hybridized carbons (Fsp3) is 0.429. The van der Waals surface area contributed by atoms with Gasteiger partial charge >= 0.3 is 0 Å². The number of aryl methyl sites for hydroxylation is 1. The van der Waals surface area contributed by atoms with Crippen molar-refractivity contribution in [2.45, 2.75) is 40.3 Å². The van der Waals surface area contributed by atoms with E-state index in [1.165, 1.54) is 11.3 Å². The van der Waals surface area contributed by atoms with Crippen LogP contribution in [0.25, 0.3) is 0 Å². The Morgan fingerprint density at radius 1 is 1.22 bits per heavy atom. The van der Waals surface area contributed by atoms with Gasteiger partial charge in [0, 0.05) is 25.0 Å². The molecular weight excluding hydrogens is 224 g/mol. The molecule has 2 heterocycles. The van der Waals surface area contributed by atoms with Crippen molar-refractivity contribution in [3.63, 3.8) is 0 Å². The zero-order valence-electron chi connectivity index (χ0n) is 11.4. The molecule has 0 spiro atoms. The Balaban J connectivity index is 2.15. The van der Waals surface area contributed by atoms with Crippen LogP contribution in [0.3, 0.4) is 0 Å². The lowest BCUT2D eigenvalue weighted by atomic mass is 10.2. The summed E-state index contributed by atoms with van der Waals surface area (Å²) in [5.74, 6) is 0. The van der Waals surface area contributed by atoms with Gasteiger partial charge in [-0.05, 0) is 45.4 Å². The Labute approximate surface area is 108 Å². The van der Waals surface area contributed by atoms with E-state index in [4.69, 9.17) is 0 Å². The minimum Gasteiger partial charge on any atom is -0.378 e. The van der Waals surface area contributed by atoms with Crippen LogP contribution >= 0.6 is 0 Å². The topological polar surface area (TPSA) is 42.7 Å². The second-order valence-electron chi connectivity index (χ2n) is 4.79. The summed E-state index contributed by atoms with van der Waals surface area (Å²) in [7, 11) is 0. The number of rotatable bonds is 4. The SMILES string of the molecule is Cc1nn(C(C)C)c(C)c1NCc1ccncc1. The number of hydrogen-bond acceptors (Lipinski definition) is 3. The molecule has 1 N–H and O–H groups in total. The van der Waals surface area contributed by atoms with E-state index in [1.54, 1.807) is 0 Å². The highest BCUT2D eigenvalue weighted by Gasteiger charge is 2.12. The summed E-state index contributed by atoms with van der Waals surface area (Å²) < 4.78 is 2.06. The minimum atomic E-state index is 0.389. The molecule has 96 valence electrons. The van der Waals surface area contributed by atoms with Gasteiger partial charge in [0.25, 0.3) is 0 Å². The lowest BCUT2D eigenvalue weighted by Gasteiger charge is -2.10. The van der Waals surface area contributed by atoms with Crippen LogP contribution < -0.4 is 5.32 Å². The fourth-order valence-corrected chi connectivity index (χ4v) is 2.11. The van der Waals surface area contributed by atoms with Crippen molar-refractivity contribution in [1.29, 1.82) is 0 Å². The molecular formula is C14H20N4. The first-order chi connectivity index (χ1) is 8.59. The van der Waals surface area contributed by atoms with Crippen molar-refractivity contribution in [1.82, 2.24) is 14.8 Å². The first kappa shape index (κ1) is 12.6. The van der Waals surface area contributed by atoms with Crippen LogP contribution in [-0.2, 0) is 6.54 Å². The van der Waals surface area contributed by atoms with E-state index in [-0.39, 0.29) is 0 Å². The summed E-state index contributed by atoms with van der Waals surface area (Å²) in [6.07, 6.45) is 3.63. The summed E-state index contributed by atoms with van der Waals surface area (Å²) in [5, 5.41) is 8.03. The molecule has 0 radical (unpaired) electrons. The molecule has 2 aromatic heterocycles. The van der Waals surface area contributed by atoms with Gasteiger partial charge in [-0.1, -0.05) is 0 Å². The largest absolute Gasteiger partial charge is 0.378 e. The number of nitrogens with one attached hydrogen (secondary N) is 1. The third-order valence-corrected chi connectivity index (χ3v) is 3.03. The normalized spacial score (nSPS) is 10.9. The maximum atomic E-state index is 4.56. The number of hydrogen-bond donors (Lipinski definition) is 1. The second kappa shape index (κ2) is 5.21. The average Bonchev–Trinajstić information content (AvgIpc) is 2.64. The third kappa shape index (κ3) is 2.53. The van der Waals surface area contributed by atoms with Crippen molar-refractivity contribution >= 4 is 5.69 Å². The van der Waals surface area contributed by atoms with Crippen LogP contribution in [0.1, 0.15) is 36.8 Å². The Bertz CT molecular complexity index is 514. The van der Waals surface area contributed by atoms with E-state index in [0.29, 0.717) is 6.04 Å². The molecule has 0 saturated carbocycles. The first-order valence-corrected chi connectivity index (χ1v) is 6.28. The third-order valence-electron chi connectivity index (χ3n) is 3.03. The van der Waals surface area contributed by atoms with Gasteiger partial charge in [-0.2, -0.15) is 5.10 Å². The predicted octanol–water partition coefficient (Wildman–Crippen LogP) is 3.09. The Hall–Kier alpha value is -1.84. The zero-order valence-corrected chi connectivity index (χ0v) is 11.4. The number of anilines is 1. The highest BCUT2D eigenvalue weighted by molar-refractivity contribution is 5.52. The molecule has 0 aliphatic carbocycles. The molecule has 0 amide bonds. The van der Waals surface area contributed by atoms with Gasteiger partial charge in [-0.3, -0.25) is 9.67 Å². The standard InChI is InChI=1S/C14H20N4/c1-10(2)18-12(4)14(11(3)17-18)16-9-13-5-7-15-8-6-13/h5-8,10,16H,9H2,1-4H3. The quantitative estimate of drug-likeness (QED) is 0.898. The monoisotopic (exact) mass is 244 g/mol. The summed E-state index contributed by atoms with van der Waals surface area (Å²) in [6.45, 7) is 9.24. The molecule has 0 saturated heterocycles. The maximum absolute atomic E-state index is 4.56. The molecule has 0 aliphatic rings. The van der Waals surface area contributed by atoms with Crippen molar-refractivity contribution in [3.05, 3.63) is 41.5 Å². The molecule has 2 aromatic rings. The van der Waals surface area contributed by atoms with Crippen molar-refractivity contribution in [2.75, 3.05) is 5.32 Å². The van der Waals surface area contributed by atoms with Gasteiger partial charge in [0.05, 0.1) is 17.1 Å². The van der Waals surface area contributed by atoms with Crippen LogP contribution in [0.5, 0.6) is 0 Å². The van der Waals surface area contributed by atoms with Crippen molar-refractivity contribution < 1.29 is 0 Å². The smallest absolute Gasteiger partial charge is 0.0828 e. The van der Waals surface area contributed by atoms with Crippen LogP contribution in [0.4, 0.5) is 5.69 Å². The first-order valence-electron chi connectivity index (χ1n) is 6.28. The lowest BCUT2D eigenvalue weighted by Crippen LogP contribution is -2.06. The molecule has 0 unspecified atom stereocenters. The maximum Gasteiger partial charge on any atom is 0.0828 e. The molecule has 18 heavy (non-hydrogen) atoms. The summed E-state index contributed by atoms with van der Waals surface area (Å²) >= 11 is 0. The van der Waals surface area contributed by atoms with Crippen molar-refractivity contribution in [2.24, 2.45) is 0 Å². The van der Waals surface area contributed by atoms with E-state index in [9.17, 15) is 0 Å². The molecule has 0 atom stereocenters. The van der Waals surface area contributed by atoms with Crippen LogP contribution in [0, 0.1) is 13.8 Å². The molecule has 0 aliphatic heterocycles. The van der Waals surface area contributed by atoms with Crippen molar-refractivity contribution in [3.8, 4) is 0 Å². The molecule has 0 aromatic carbocycles. The van der Waals surface area contributed by atoms with E-state index in [2.05, 4.69) is 40.9 Å².